The van der Waals surface area contributed by atoms with Gasteiger partial charge in [0.2, 0.25) is 0 Å². The number of ether oxygens (including phenoxy) is 1. The van der Waals surface area contributed by atoms with Gasteiger partial charge in [0.05, 0.1) is 22.6 Å². The molecule has 138 valence electrons. The summed E-state index contributed by atoms with van der Waals surface area (Å²) < 4.78 is 28.1. The van der Waals surface area contributed by atoms with Crippen LogP contribution >= 0.6 is 0 Å². The molecule has 3 rings (SSSR count). The number of carbonyl (C=O) groups is 2. The van der Waals surface area contributed by atoms with Gasteiger partial charge in [0, 0.05) is 25.0 Å². The number of sulfone groups is 1. The molecule has 0 atom stereocenters. The Bertz CT molecular complexity index is 934. The van der Waals surface area contributed by atoms with E-state index in [2.05, 4.69) is 0 Å². The van der Waals surface area contributed by atoms with Crippen molar-refractivity contribution in [2.75, 3.05) is 37.7 Å². The van der Waals surface area contributed by atoms with Crippen molar-refractivity contribution in [3.05, 3.63) is 47.5 Å². The number of carboxylic acid groups (broad SMARTS) is 1. The van der Waals surface area contributed by atoms with E-state index in [0.717, 1.165) is 0 Å². The number of carboxylic acids is 1. The van der Waals surface area contributed by atoms with Crippen LogP contribution in [0, 0.1) is 0 Å². The monoisotopic (exact) mass is 377 g/mol. The molecule has 0 amide bonds. The minimum absolute atomic E-state index is 0.0521. The standard InChI is InChI=1S/C18H19NO6S/c20-17(21)14-5-1-3-13-4-2-6-15(16(13)14)18(22)25-10-7-19-8-11-26(23,24)12-9-19/h1-6H,7-12H2,(H,20,21). The summed E-state index contributed by atoms with van der Waals surface area (Å²) in [6, 6.07) is 9.80. The second kappa shape index (κ2) is 7.43. The summed E-state index contributed by atoms with van der Waals surface area (Å²) in [5.41, 5.74) is 0.262. The first-order valence-electron chi connectivity index (χ1n) is 8.22. The third kappa shape index (κ3) is 4.03. The third-order valence-corrected chi connectivity index (χ3v) is 6.04. The summed E-state index contributed by atoms with van der Waals surface area (Å²) in [4.78, 5) is 25.8. The number of fused-ring (bicyclic) bond motifs is 1. The van der Waals surface area contributed by atoms with Gasteiger partial charge in [0.15, 0.2) is 9.84 Å². The number of nitrogens with zero attached hydrogens (tertiary/aromatic N) is 1. The minimum atomic E-state index is -2.94. The average molecular weight is 377 g/mol. The SMILES string of the molecule is O=C(O)c1cccc2cccc(C(=O)OCCN3CCS(=O)(=O)CC3)c12. The molecule has 7 nitrogen and oxygen atoms in total. The fourth-order valence-electron chi connectivity index (χ4n) is 3.01. The van der Waals surface area contributed by atoms with Crippen molar-refractivity contribution in [2.24, 2.45) is 0 Å². The number of esters is 1. The van der Waals surface area contributed by atoms with Crippen molar-refractivity contribution in [3.63, 3.8) is 0 Å². The summed E-state index contributed by atoms with van der Waals surface area (Å²) in [7, 11) is -2.94. The van der Waals surface area contributed by atoms with Crippen LogP contribution in [0.2, 0.25) is 0 Å². The molecule has 8 heteroatoms. The van der Waals surface area contributed by atoms with E-state index in [9.17, 15) is 23.1 Å². The van der Waals surface area contributed by atoms with Crippen LogP contribution in [0.4, 0.5) is 0 Å². The van der Waals surface area contributed by atoms with E-state index >= 15 is 0 Å². The summed E-state index contributed by atoms with van der Waals surface area (Å²) in [5, 5.41) is 10.4. The average Bonchev–Trinajstić information content (AvgIpc) is 2.61. The predicted molar refractivity (Wildman–Crippen MR) is 96.3 cm³/mol. The Balaban J connectivity index is 1.70. The van der Waals surface area contributed by atoms with Crippen molar-refractivity contribution in [2.45, 2.75) is 0 Å². The van der Waals surface area contributed by atoms with E-state index in [0.29, 0.717) is 30.4 Å². The highest BCUT2D eigenvalue weighted by Crippen LogP contribution is 2.24. The van der Waals surface area contributed by atoms with Crippen molar-refractivity contribution >= 4 is 32.5 Å². The Hall–Kier alpha value is -2.45. The maximum atomic E-state index is 12.4. The molecule has 0 radical (unpaired) electrons. The van der Waals surface area contributed by atoms with Crippen LogP contribution in [0.25, 0.3) is 10.8 Å². The topological polar surface area (TPSA) is 101 Å². The number of hydrogen-bond acceptors (Lipinski definition) is 6. The Labute approximate surface area is 151 Å². The molecule has 1 heterocycles. The lowest BCUT2D eigenvalue weighted by atomic mass is 9.99. The Kier molecular flexibility index (Phi) is 5.24. The third-order valence-electron chi connectivity index (χ3n) is 4.43. The first-order valence-corrected chi connectivity index (χ1v) is 10.0. The van der Waals surface area contributed by atoms with Crippen molar-refractivity contribution in [3.8, 4) is 0 Å². The molecule has 0 aromatic heterocycles. The highest BCUT2D eigenvalue weighted by Gasteiger charge is 2.22. The number of benzene rings is 2. The summed E-state index contributed by atoms with van der Waals surface area (Å²) in [6.45, 7) is 1.41. The zero-order valence-electron chi connectivity index (χ0n) is 14.1. The molecule has 0 unspecified atom stereocenters. The van der Waals surface area contributed by atoms with E-state index in [1.165, 1.54) is 6.07 Å². The van der Waals surface area contributed by atoms with Gasteiger partial charge < -0.3 is 9.84 Å². The van der Waals surface area contributed by atoms with Gasteiger partial charge in [-0.3, -0.25) is 4.90 Å². The van der Waals surface area contributed by atoms with E-state index in [4.69, 9.17) is 4.74 Å². The number of carbonyl (C=O) groups excluding carboxylic acids is 1. The minimum Gasteiger partial charge on any atom is -0.478 e. The van der Waals surface area contributed by atoms with Gasteiger partial charge in [-0.15, -0.1) is 0 Å². The summed E-state index contributed by atoms with van der Waals surface area (Å²) >= 11 is 0. The van der Waals surface area contributed by atoms with Gasteiger partial charge >= 0.3 is 11.9 Å². The highest BCUT2D eigenvalue weighted by molar-refractivity contribution is 7.91. The lowest BCUT2D eigenvalue weighted by Crippen LogP contribution is -2.41. The predicted octanol–water partition coefficient (Wildman–Crippen LogP) is 1.43. The molecule has 1 aliphatic rings. The molecule has 0 spiro atoms. The smallest absolute Gasteiger partial charge is 0.338 e. The molecule has 1 aliphatic heterocycles. The van der Waals surface area contributed by atoms with Crippen LogP contribution in [-0.4, -0.2) is 68.1 Å². The fourth-order valence-corrected chi connectivity index (χ4v) is 4.29. The molecule has 26 heavy (non-hydrogen) atoms. The zero-order valence-corrected chi connectivity index (χ0v) is 14.9. The van der Waals surface area contributed by atoms with Crippen LogP contribution in [-0.2, 0) is 14.6 Å². The summed E-state index contributed by atoms with van der Waals surface area (Å²) in [5.74, 6) is -1.46. The number of aromatic carboxylic acids is 1. The van der Waals surface area contributed by atoms with Crippen molar-refractivity contribution in [1.29, 1.82) is 0 Å². The molecule has 1 N–H and O–H groups in total. The molecule has 0 saturated carbocycles. The quantitative estimate of drug-likeness (QED) is 0.787. The molecular formula is C18H19NO6S. The van der Waals surface area contributed by atoms with Gasteiger partial charge in [-0.2, -0.15) is 0 Å². The lowest BCUT2D eigenvalue weighted by Gasteiger charge is -2.26. The van der Waals surface area contributed by atoms with Gasteiger partial charge in [-0.1, -0.05) is 24.3 Å². The van der Waals surface area contributed by atoms with Crippen LogP contribution in [0.3, 0.4) is 0 Å². The molecule has 2 aromatic rings. The maximum absolute atomic E-state index is 12.4. The molecule has 1 saturated heterocycles. The first-order chi connectivity index (χ1) is 12.4. The molecular weight excluding hydrogens is 358 g/mol. The first kappa shape index (κ1) is 18.3. The van der Waals surface area contributed by atoms with Gasteiger partial charge in [0.1, 0.15) is 6.61 Å². The van der Waals surface area contributed by atoms with E-state index < -0.39 is 21.8 Å². The Morgan fingerprint density at radius 1 is 1.04 bits per heavy atom. The Morgan fingerprint density at radius 2 is 1.65 bits per heavy atom. The van der Waals surface area contributed by atoms with Crippen LogP contribution in [0.15, 0.2) is 36.4 Å². The van der Waals surface area contributed by atoms with Crippen LogP contribution in [0.5, 0.6) is 0 Å². The molecule has 0 bridgehead atoms. The van der Waals surface area contributed by atoms with Crippen molar-refractivity contribution < 1.29 is 27.9 Å². The largest absolute Gasteiger partial charge is 0.478 e. The molecule has 1 fully saturated rings. The van der Waals surface area contributed by atoms with Crippen LogP contribution in [0.1, 0.15) is 20.7 Å². The van der Waals surface area contributed by atoms with E-state index in [-0.39, 0.29) is 29.2 Å². The lowest BCUT2D eigenvalue weighted by molar-refractivity contribution is 0.0467. The molecule has 0 aliphatic carbocycles. The van der Waals surface area contributed by atoms with Crippen molar-refractivity contribution in [1.82, 2.24) is 4.90 Å². The number of hydrogen-bond donors (Lipinski definition) is 1. The summed E-state index contributed by atoms with van der Waals surface area (Å²) in [6.07, 6.45) is 0. The molecule has 2 aromatic carbocycles. The second-order valence-electron chi connectivity index (χ2n) is 6.14. The maximum Gasteiger partial charge on any atom is 0.338 e. The van der Waals surface area contributed by atoms with E-state index in [1.807, 2.05) is 4.90 Å². The zero-order chi connectivity index (χ0) is 18.7. The normalized spacial score (nSPS) is 17.1. The van der Waals surface area contributed by atoms with Gasteiger partial charge in [0.25, 0.3) is 0 Å². The van der Waals surface area contributed by atoms with Gasteiger partial charge in [-0.25, -0.2) is 18.0 Å². The van der Waals surface area contributed by atoms with Gasteiger partial charge in [-0.05, 0) is 17.5 Å². The highest BCUT2D eigenvalue weighted by atomic mass is 32.2. The Morgan fingerprint density at radius 3 is 2.27 bits per heavy atom. The second-order valence-corrected chi connectivity index (χ2v) is 8.45. The van der Waals surface area contributed by atoms with E-state index in [1.54, 1.807) is 30.3 Å². The fraction of sp³-hybridized carbons (Fsp3) is 0.333. The van der Waals surface area contributed by atoms with Crippen LogP contribution < -0.4 is 0 Å². The number of rotatable bonds is 5.